The second kappa shape index (κ2) is 10.3. The average molecular weight is 484 g/mol. The minimum Gasteiger partial charge on any atom is -0.490 e. The van der Waals surface area contributed by atoms with Crippen molar-refractivity contribution in [2.24, 2.45) is 7.05 Å². The first-order valence-corrected chi connectivity index (χ1v) is 12.1. The number of aromatic nitrogens is 2. The van der Waals surface area contributed by atoms with Crippen LogP contribution in [0.2, 0.25) is 0 Å². The zero-order chi connectivity index (χ0) is 24.2. The normalized spacial score (nSPS) is 14.9. The standard InChI is InChI=1S/C25H26FN3O4S/c1-4-32-19-11-10-15(12-20(19)33-5-2)17-13-21(30)27-23-22(17)24(31)28-25(29(23)3)34-14-16-8-6-7-9-18(16)26/h6-12,17H,4-5,13-14H2,1-3H3,(H,27,30)/t17-/m0/s1. The van der Waals surface area contributed by atoms with Crippen molar-refractivity contribution >= 4 is 23.5 Å². The second-order valence-electron chi connectivity index (χ2n) is 7.78. The summed E-state index contributed by atoms with van der Waals surface area (Å²) in [5.74, 6) is 0.901. The topological polar surface area (TPSA) is 82.5 Å². The van der Waals surface area contributed by atoms with Gasteiger partial charge in [0.25, 0.3) is 5.56 Å². The van der Waals surface area contributed by atoms with Crippen LogP contribution in [-0.4, -0.2) is 28.7 Å². The molecule has 1 atom stereocenters. The van der Waals surface area contributed by atoms with E-state index in [1.165, 1.54) is 17.8 Å². The van der Waals surface area contributed by atoms with E-state index in [4.69, 9.17) is 9.47 Å². The SMILES string of the molecule is CCOc1ccc([C@@H]2CC(=O)Nc3c2c(=O)nc(SCc2ccccc2F)n3C)cc1OCC. The number of carbonyl (C=O) groups excluding carboxylic acids is 1. The molecule has 0 aliphatic carbocycles. The number of ether oxygens (including phenoxy) is 2. The average Bonchev–Trinajstić information content (AvgIpc) is 2.82. The Morgan fingerprint density at radius 3 is 2.59 bits per heavy atom. The van der Waals surface area contributed by atoms with Crippen LogP contribution in [0.5, 0.6) is 11.5 Å². The highest BCUT2D eigenvalue weighted by atomic mass is 32.2. The molecule has 1 aromatic heterocycles. The molecule has 1 aliphatic rings. The first kappa shape index (κ1) is 23.8. The summed E-state index contributed by atoms with van der Waals surface area (Å²) >= 11 is 1.24. The lowest BCUT2D eigenvalue weighted by Crippen LogP contribution is -2.33. The smallest absolute Gasteiger partial charge is 0.279 e. The van der Waals surface area contributed by atoms with Crippen LogP contribution in [-0.2, 0) is 17.6 Å². The van der Waals surface area contributed by atoms with Crippen LogP contribution >= 0.6 is 11.8 Å². The van der Waals surface area contributed by atoms with Gasteiger partial charge in [0.15, 0.2) is 16.7 Å². The number of nitrogens with one attached hydrogen (secondary N) is 1. The van der Waals surface area contributed by atoms with E-state index < -0.39 is 11.5 Å². The van der Waals surface area contributed by atoms with Gasteiger partial charge < -0.3 is 19.4 Å². The molecule has 0 radical (unpaired) electrons. The third-order valence-electron chi connectivity index (χ3n) is 5.59. The van der Waals surface area contributed by atoms with E-state index in [1.54, 1.807) is 35.9 Å². The molecule has 7 nitrogen and oxygen atoms in total. The monoisotopic (exact) mass is 483 g/mol. The minimum absolute atomic E-state index is 0.116. The number of nitrogens with zero attached hydrogens (tertiary/aromatic N) is 2. The Morgan fingerprint density at radius 1 is 1.12 bits per heavy atom. The summed E-state index contributed by atoms with van der Waals surface area (Å²) in [5.41, 5.74) is 1.29. The summed E-state index contributed by atoms with van der Waals surface area (Å²) in [6.45, 7) is 4.72. The molecule has 2 aromatic carbocycles. The van der Waals surface area contributed by atoms with Gasteiger partial charge in [-0.15, -0.1) is 0 Å². The van der Waals surface area contributed by atoms with E-state index in [0.29, 0.717) is 52.6 Å². The number of fused-ring (bicyclic) bond motifs is 1. The summed E-state index contributed by atoms with van der Waals surface area (Å²) < 4.78 is 27.1. The molecule has 4 rings (SSSR count). The van der Waals surface area contributed by atoms with Crippen molar-refractivity contribution in [2.75, 3.05) is 18.5 Å². The van der Waals surface area contributed by atoms with E-state index in [9.17, 15) is 14.0 Å². The number of rotatable bonds is 8. The zero-order valence-electron chi connectivity index (χ0n) is 19.3. The maximum Gasteiger partial charge on any atom is 0.279 e. The number of anilines is 1. The maximum atomic E-state index is 14.0. The van der Waals surface area contributed by atoms with Gasteiger partial charge in [-0.25, -0.2) is 4.39 Å². The molecule has 0 spiro atoms. The highest BCUT2D eigenvalue weighted by Gasteiger charge is 2.32. The number of hydrogen-bond donors (Lipinski definition) is 1. The van der Waals surface area contributed by atoms with Crippen molar-refractivity contribution in [3.05, 3.63) is 75.3 Å². The lowest BCUT2D eigenvalue weighted by atomic mass is 9.86. The van der Waals surface area contributed by atoms with E-state index >= 15 is 0 Å². The van der Waals surface area contributed by atoms with Gasteiger partial charge in [-0.2, -0.15) is 4.98 Å². The second-order valence-corrected chi connectivity index (χ2v) is 8.72. The summed E-state index contributed by atoms with van der Waals surface area (Å²) in [6, 6.07) is 11.9. The molecule has 0 saturated carbocycles. The predicted octanol–water partition coefficient (Wildman–Crippen LogP) is 4.48. The molecule has 34 heavy (non-hydrogen) atoms. The number of hydrogen-bond acceptors (Lipinski definition) is 6. The third-order valence-corrected chi connectivity index (χ3v) is 6.66. The van der Waals surface area contributed by atoms with Crippen LogP contribution in [0.3, 0.4) is 0 Å². The molecule has 1 amide bonds. The van der Waals surface area contributed by atoms with Crippen molar-refractivity contribution in [1.29, 1.82) is 0 Å². The Morgan fingerprint density at radius 2 is 1.85 bits per heavy atom. The van der Waals surface area contributed by atoms with E-state index in [-0.39, 0.29) is 18.1 Å². The van der Waals surface area contributed by atoms with Crippen LogP contribution in [0.1, 0.15) is 42.9 Å². The fourth-order valence-electron chi connectivity index (χ4n) is 3.99. The van der Waals surface area contributed by atoms with Crippen molar-refractivity contribution < 1.29 is 18.7 Å². The molecule has 1 N–H and O–H groups in total. The largest absolute Gasteiger partial charge is 0.490 e. The molecule has 2 heterocycles. The summed E-state index contributed by atoms with van der Waals surface area (Å²) in [7, 11) is 1.74. The predicted molar refractivity (Wildman–Crippen MR) is 129 cm³/mol. The van der Waals surface area contributed by atoms with Crippen molar-refractivity contribution in [3.8, 4) is 11.5 Å². The molecule has 9 heteroatoms. The van der Waals surface area contributed by atoms with Crippen molar-refractivity contribution in [1.82, 2.24) is 9.55 Å². The van der Waals surface area contributed by atoms with Crippen molar-refractivity contribution in [2.45, 2.75) is 37.1 Å². The van der Waals surface area contributed by atoms with Gasteiger partial charge in [0.1, 0.15) is 11.6 Å². The molecular formula is C25H26FN3O4S. The van der Waals surface area contributed by atoms with Gasteiger partial charge in [-0.1, -0.05) is 36.0 Å². The third kappa shape index (κ3) is 4.79. The first-order valence-electron chi connectivity index (χ1n) is 11.1. The molecule has 0 fully saturated rings. The Bertz CT molecular complexity index is 1280. The highest BCUT2D eigenvalue weighted by Crippen LogP contribution is 2.39. The summed E-state index contributed by atoms with van der Waals surface area (Å²) in [5, 5.41) is 3.23. The van der Waals surface area contributed by atoms with E-state index in [2.05, 4.69) is 10.3 Å². The summed E-state index contributed by atoms with van der Waals surface area (Å²) in [4.78, 5) is 30.1. The van der Waals surface area contributed by atoms with Gasteiger partial charge in [0.05, 0.1) is 18.8 Å². The van der Waals surface area contributed by atoms with Crippen LogP contribution in [0.4, 0.5) is 10.2 Å². The fourth-order valence-corrected chi connectivity index (χ4v) is 4.94. The Balaban J connectivity index is 1.72. The van der Waals surface area contributed by atoms with Gasteiger partial charge in [-0.05, 0) is 43.2 Å². The van der Waals surface area contributed by atoms with Crippen molar-refractivity contribution in [3.63, 3.8) is 0 Å². The summed E-state index contributed by atoms with van der Waals surface area (Å²) in [6.07, 6.45) is 0.116. The Labute approximate surface area is 201 Å². The lowest BCUT2D eigenvalue weighted by Gasteiger charge is -2.28. The zero-order valence-corrected chi connectivity index (χ0v) is 20.1. The molecule has 0 unspecified atom stereocenters. The molecule has 0 bridgehead atoms. The van der Waals surface area contributed by atoms with Crippen LogP contribution in [0, 0.1) is 5.82 Å². The quantitative estimate of drug-likeness (QED) is 0.376. The molecule has 1 aliphatic heterocycles. The first-order chi connectivity index (χ1) is 16.4. The number of carbonyl (C=O) groups is 1. The Kier molecular flexibility index (Phi) is 7.21. The molecule has 0 saturated heterocycles. The number of thioether (sulfide) groups is 1. The Hall–Kier alpha value is -3.33. The van der Waals surface area contributed by atoms with Gasteiger partial charge in [0.2, 0.25) is 5.91 Å². The molecule has 3 aromatic rings. The van der Waals surface area contributed by atoms with Gasteiger partial charge in [0, 0.05) is 25.1 Å². The molecular weight excluding hydrogens is 457 g/mol. The number of halogens is 1. The molecule has 178 valence electrons. The van der Waals surface area contributed by atoms with Crippen LogP contribution in [0.25, 0.3) is 0 Å². The van der Waals surface area contributed by atoms with E-state index in [1.807, 2.05) is 26.0 Å². The number of amides is 1. The highest BCUT2D eigenvalue weighted by molar-refractivity contribution is 7.98. The lowest BCUT2D eigenvalue weighted by molar-refractivity contribution is -0.116. The maximum absolute atomic E-state index is 14.0. The number of benzene rings is 2. The van der Waals surface area contributed by atoms with E-state index in [0.717, 1.165) is 5.56 Å². The van der Waals surface area contributed by atoms with Gasteiger partial charge >= 0.3 is 0 Å². The minimum atomic E-state index is -0.476. The van der Waals surface area contributed by atoms with Gasteiger partial charge in [-0.3, -0.25) is 9.59 Å². The van der Waals surface area contributed by atoms with Crippen LogP contribution < -0.4 is 20.3 Å². The fraction of sp³-hybridized carbons (Fsp3) is 0.320. The van der Waals surface area contributed by atoms with Crippen LogP contribution in [0.15, 0.2) is 52.4 Å².